The van der Waals surface area contributed by atoms with E-state index in [2.05, 4.69) is 15.0 Å². The maximum Gasteiger partial charge on any atom is 0.343 e. The quantitative estimate of drug-likeness (QED) is 0.436. The van der Waals surface area contributed by atoms with Crippen molar-refractivity contribution < 1.29 is 14.5 Å². The highest BCUT2D eigenvalue weighted by molar-refractivity contribution is 5.78. The third-order valence-electron chi connectivity index (χ3n) is 3.24. The number of carbonyl (C=O) groups is 1. The zero-order valence-electron chi connectivity index (χ0n) is 12.2. The predicted octanol–water partition coefficient (Wildman–Crippen LogP) is 1.90. The molecule has 3 rings (SSSR count). The van der Waals surface area contributed by atoms with Gasteiger partial charge < -0.3 is 19.8 Å². The lowest BCUT2D eigenvalue weighted by Gasteiger charge is -2.04. The van der Waals surface area contributed by atoms with E-state index in [4.69, 9.17) is 4.74 Å². The maximum atomic E-state index is 11.1. The summed E-state index contributed by atoms with van der Waals surface area (Å²) in [5.41, 5.74) is 1.54. The van der Waals surface area contributed by atoms with Crippen molar-refractivity contribution in [3.63, 3.8) is 0 Å². The minimum atomic E-state index is -0.535. The van der Waals surface area contributed by atoms with E-state index in [0.29, 0.717) is 11.6 Å². The fourth-order valence-electron chi connectivity index (χ4n) is 2.26. The third-order valence-corrected chi connectivity index (χ3v) is 3.24. The van der Waals surface area contributed by atoms with Crippen LogP contribution in [0, 0.1) is 10.1 Å². The summed E-state index contributed by atoms with van der Waals surface area (Å²) in [6.45, 7) is 1.41. The van der Waals surface area contributed by atoms with Crippen LogP contribution >= 0.6 is 0 Å². The van der Waals surface area contributed by atoms with Crippen LogP contribution in [-0.2, 0) is 16.1 Å². The van der Waals surface area contributed by atoms with Crippen molar-refractivity contribution in [1.29, 1.82) is 0 Å². The van der Waals surface area contributed by atoms with Gasteiger partial charge in [0.15, 0.2) is 5.82 Å². The lowest BCUT2D eigenvalue weighted by Crippen LogP contribution is -2.12. The summed E-state index contributed by atoms with van der Waals surface area (Å²) in [5.74, 6) is 0.104. The molecule has 2 heterocycles. The van der Waals surface area contributed by atoms with Gasteiger partial charge in [0, 0.05) is 6.92 Å². The van der Waals surface area contributed by atoms with Gasteiger partial charge in [-0.15, -0.1) is 0 Å². The SMILES string of the molecule is CC(=O)OCCn1c([N+](=O)[O-])cnc1-c1nc2ccccc2[nH]1. The largest absolute Gasteiger partial charge is 0.462 e. The Morgan fingerprint density at radius 3 is 2.91 bits per heavy atom. The number of nitro groups is 1. The molecule has 0 amide bonds. The molecule has 0 aliphatic rings. The molecule has 1 aromatic carbocycles. The molecule has 0 unspecified atom stereocenters. The summed E-state index contributed by atoms with van der Waals surface area (Å²) < 4.78 is 6.22. The molecule has 0 atom stereocenters. The first-order valence-electron chi connectivity index (χ1n) is 6.84. The number of benzene rings is 1. The fourth-order valence-corrected chi connectivity index (χ4v) is 2.26. The van der Waals surface area contributed by atoms with E-state index in [9.17, 15) is 14.9 Å². The summed E-state index contributed by atoms with van der Waals surface area (Å²) in [7, 11) is 0. The smallest absolute Gasteiger partial charge is 0.343 e. The number of esters is 1. The molecular weight excluding hydrogens is 302 g/mol. The topological polar surface area (TPSA) is 116 Å². The van der Waals surface area contributed by atoms with Gasteiger partial charge in [0.25, 0.3) is 5.82 Å². The number of fused-ring (bicyclic) bond motifs is 1. The number of hydrogen-bond donors (Lipinski definition) is 1. The summed E-state index contributed by atoms with van der Waals surface area (Å²) in [6.07, 6.45) is 1.16. The average Bonchev–Trinajstić information content (AvgIpc) is 3.09. The molecule has 0 bridgehead atoms. The molecule has 2 aromatic heterocycles. The van der Waals surface area contributed by atoms with Crippen molar-refractivity contribution in [3.8, 4) is 11.6 Å². The highest BCUT2D eigenvalue weighted by Crippen LogP contribution is 2.24. The highest BCUT2D eigenvalue weighted by Gasteiger charge is 2.24. The monoisotopic (exact) mass is 315 g/mol. The second-order valence-electron chi connectivity index (χ2n) is 4.79. The number of imidazole rings is 2. The van der Waals surface area contributed by atoms with Crippen molar-refractivity contribution >= 4 is 22.8 Å². The molecule has 0 aliphatic carbocycles. The Labute approximate surface area is 130 Å². The zero-order chi connectivity index (χ0) is 16.4. The molecule has 1 N–H and O–H groups in total. The molecule has 118 valence electrons. The van der Waals surface area contributed by atoms with Crippen molar-refractivity contribution in [2.45, 2.75) is 13.5 Å². The third kappa shape index (κ3) is 2.89. The molecule has 9 heteroatoms. The van der Waals surface area contributed by atoms with Gasteiger partial charge >= 0.3 is 11.8 Å². The molecule has 23 heavy (non-hydrogen) atoms. The second-order valence-corrected chi connectivity index (χ2v) is 4.79. The lowest BCUT2D eigenvalue weighted by atomic mass is 10.3. The normalized spacial score (nSPS) is 10.8. The number of H-pyrrole nitrogens is 1. The van der Waals surface area contributed by atoms with Gasteiger partial charge in [0.1, 0.15) is 19.3 Å². The van der Waals surface area contributed by atoms with Gasteiger partial charge in [-0.3, -0.25) is 4.79 Å². The lowest BCUT2D eigenvalue weighted by molar-refractivity contribution is -0.392. The number of para-hydroxylation sites is 2. The van der Waals surface area contributed by atoms with Crippen molar-refractivity contribution in [3.05, 3.63) is 40.6 Å². The number of aromatic amines is 1. The van der Waals surface area contributed by atoms with Gasteiger partial charge in [-0.05, 0) is 17.1 Å². The van der Waals surface area contributed by atoms with E-state index in [1.54, 1.807) is 0 Å². The van der Waals surface area contributed by atoms with Gasteiger partial charge in [-0.25, -0.2) is 9.97 Å². The molecule has 0 fully saturated rings. The number of rotatable bonds is 5. The first-order valence-corrected chi connectivity index (χ1v) is 6.84. The van der Waals surface area contributed by atoms with Gasteiger partial charge in [-0.2, -0.15) is 4.57 Å². The Kier molecular flexibility index (Phi) is 3.75. The van der Waals surface area contributed by atoms with E-state index in [1.807, 2.05) is 24.3 Å². The predicted molar refractivity (Wildman–Crippen MR) is 80.6 cm³/mol. The first kappa shape index (κ1) is 14.7. The Balaban J connectivity index is 2.00. The van der Waals surface area contributed by atoms with E-state index in [-0.39, 0.29) is 19.0 Å². The van der Waals surface area contributed by atoms with Crippen LogP contribution < -0.4 is 0 Å². The minimum absolute atomic E-state index is 0.0137. The number of hydrogen-bond acceptors (Lipinski definition) is 6. The molecule has 3 aromatic rings. The summed E-state index contributed by atoms with van der Waals surface area (Å²) in [4.78, 5) is 33.0. The standard InChI is InChI=1S/C14H13N5O4/c1-9(20)23-7-6-18-12(19(21)22)8-15-14(18)13-16-10-4-2-3-5-11(10)17-13/h2-5,8H,6-7H2,1H3,(H,16,17). The van der Waals surface area contributed by atoms with Gasteiger partial charge in [0.05, 0.1) is 11.0 Å². The Bertz CT molecular complexity index is 849. The van der Waals surface area contributed by atoms with Crippen molar-refractivity contribution in [2.75, 3.05) is 6.61 Å². The summed E-state index contributed by atoms with van der Waals surface area (Å²) in [6, 6.07) is 7.39. The fraction of sp³-hybridized carbons (Fsp3) is 0.214. The van der Waals surface area contributed by atoms with Crippen LogP contribution in [-0.4, -0.2) is 37.0 Å². The van der Waals surface area contributed by atoms with E-state index < -0.39 is 10.9 Å². The number of ether oxygens (including phenoxy) is 1. The number of aromatic nitrogens is 4. The van der Waals surface area contributed by atoms with Crippen LogP contribution in [0.25, 0.3) is 22.7 Å². The van der Waals surface area contributed by atoms with Crippen LogP contribution in [0.1, 0.15) is 6.92 Å². The molecule has 0 aliphatic heterocycles. The molecule has 9 nitrogen and oxygen atoms in total. The number of nitrogens with one attached hydrogen (secondary N) is 1. The summed E-state index contributed by atoms with van der Waals surface area (Å²) in [5, 5.41) is 11.1. The van der Waals surface area contributed by atoms with E-state index in [0.717, 1.165) is 17.2 Å². The van der Waals surface area contributed by atoms with Gasteiger partial charge in [-0.1, -0.05) is 12.1 Å². The van der Waals surface area contributed by atoms with Crippen molar-refractivity contribution in [1.82, 2.24) is 19.5 Å². The van der Waals surface area contributed by atoms with Crippen LogP contribution in [0.15, 0.2) is 30.5 Å². The minimum Gasteiger partial charge on any atom is -0.462 e. The van der Waals surface area contributed by atoms with Crippen LogP contribution in [0.4, 0.5) is 5.82 Å². The molecule has 0 saturated carbocycles. The van der Waals surface area contributed by atoms with Crippen LogP contribution in [0.3, 0.4) is 0 Å². The Hall–Kier alpha value is -3.23. The highest BCUT2D eigenvalue weighted by atomic mass is 16.6. The van der Waals surface area contributed by atoms with E-state index in [1.165, 1.54) is 11.5 Å². The van der Waals surface area contributed by atoms with E-state index >= 15 is 0 Å². The molecule has 0 radical (unpaired) electrons. The average molecular weight is 315 g/mol. The molecular formula is C14H13N5O4. The number of carbonyl (C=O) groups excluding carboxylic acids is 1. The van der Waals surface area contributed by atoms with Gasteiger partial charge in [0.2, 0.25) is 0 Å². The molecule has 0 saturated heterocycles. The van der Waals surface area contributed by atoms with Crippen molar-refractivity contribution in [2.24, 2.45) is 0 Å². The number of nitrogens with zero attached hydrogens (tertiary/aromatic N) is 4. The Morgan fingerprint density at radius 1 is 1.43 bits per heavy atom. The van der Waals surface area contributed by atoms with Crippen LogP contribution in [0.5, 0.6) is 0 Å². The zero-order valence-corrected chi connectivity index (χ0v) is 12.2. The first-order chi connectivity index (χ1) is 11.1. The Morgan fingerprint density at radius 2 is 2.22 bits per heavy atom. The molecule has 0 spiro atoms. The summed E-state index contributed by atoms with van der Waals surface area (Å²) >= 11 is 0. The van der Waals surface area contributed by atoms with Crippen LogP contribution in [0.2, 0.25) is 0 Å². The maximum absolute atomic E-state index is 11.1. The second kappa shape index (κ2) is 5.87.